The largest absolute Gasteiger partial charge is 0.368 e. The molecule has 0 aliphatic heterocycles. The molecule has 0 saturated carbocycles. The zero-order valence-electron chi connectivity index (χ0n) is 10.1. The molecule has 0 bridgehead atoms. The van der Waals surface area contributed by atoms with Crippen LogP contribution >= 0.6 is 0 Å². The van der Waals surface area contributed by atoms with Gasteiger partial charge in [0.05, 0.1) is 18.8 Å². The zero-order chi connectivity index (χ0) is 12.1. The Kier molecular flexibility index (Phi) is 4.49. The number of amides is 1. The van der Waals surface area contributed by atoms with Crippen LogP contribution in [0.25, 0.3) is 0 Å². The van der Waals surface area contributed by atoms with Crippen LogP contribution in [-0.2, 0) is 11.3 Å². The van der Waals surface area contributed by atoms with Gasteiger partial charge in [-0.3, -0.25) is 9.48 Å². The summed E-state index contributed by atoms with van der Waals surface area (Å²) in [6.07, 6.45) is 4.50. The van der Waals surface area contributed by atoms with Gasteiger partial charge in [0.1, 0.15) is 0 Å². The van der Waals surface area contributed by atoms with E-state index < -0.39 is 0 Å². The van der Waals surface area contributed by atoms with Crippen LogP contribution in [-0.4, -0.2) is 27.8 Å². The number of carbonyl (C=O) groups excluding carboxylic acids is 1. The molecule has 2 atom stereocenters. The number of hydrogen-bond acceptors (Lipinski definition) is 3. The molecule has 1 aromatic heterocycles. The van der Waals surface area contributed by atoms with Crippen LogP contribution in [0.15, 0.2) is 12.4 Å². The van der Waals surface area contributed by atoms with Crippen molar-refractivity contribution in [1.82, 2.24) is 15.1 Å². The molecule has 1 heterocycles. The van der Waals surface area contributed by atoms with Gasteiger partial charge in [-0.1, -0.05) is 6.92 Å². The maximum Gasteiger partial charge on any atom is 0.234 e. The van der Waals surface area contributed by atoms with Gasteiger partial charge in [0, 0.05) is 12.2 Å². The predicted molar refractivity (Wildman–Crippen MR) is 62.8 cm³/mol. The molecule has 1 rings (SSSR count). The minimum absolute atomic E-state index is 0.164. The maximum absolute atomic E-state index is 11.1. The third-order valence-electron chi connectivity index (χ3n) is 2.46. The van der Waals surface area contributed by atoms with Gasteiger partial charge in [-0.25, -0.2) is 0 Å². The molecular weight excluding hydrogens is 204 g/mol. The first-order valence-electron chi connectivity index (χ1n) is 5.57. The average molecular weight is 224 g/mol. The highest BCUT2D eigenvalue weighted by Gasteiger charge is 2.15. The Bertz CT molecular complexity index is 348. The molecule has 0 aliphatic carbocycles. The van der Waals surface area contributed by atoms with E-state index in [4.69, 9.17) is 5.73 Å². The molecular formula is C11H20N4O. The van der Waals surface area contributed by atoms with Gasteiger partial charge in [-0.2, -0.15) is 5.10 Å². The van der Waals surface area contributed by atoms with Crippen LogP contribution < -0.4 is 11.1 Å². The summed E-state index contributed by atoms with van der Waals surface area (Å²) in [5.41, 5.74) is 6.40. The second kappa shape index (κ2) is 5.65. The topological polar surface area (TPSA) is 72.9 Å². The molecule has 90 valence electrons. The Hall–Kier alpha value is -1.36. The summed E-state index contributed by atoms with van der Waals surface area (Å²) >= 11 is 0. The summed E-state index contributed by atoms with van der Waals surface area (Å²) in [5, 5.41) is 7.38. The zero-order valence-corrected chi connectivity index (χ0v) is 10.1. The fraction of sp³-hybridized carbons (Fsp3) is 0.636. The van der Waals surface area contributed by atoms with E-state index in [1.807, 2.05) is 37.8 Å². The number of nitrogens with two attached hydrogens (primary N) is 1. The van der Waals surface area contributed by atoms with E-state index in [1.54, 1.807) is 0 Å². The van der Waals surface area contributed by atoms with E-state index >= 15 is 0 Å². The lowest BCUT2D eigenvalue weighted by Gasteiger charge is -2.19. The summed E-state index contributed by atoms with van der Waals surface area (Å²) < 4.78 is 1.86. The van der Waals surface area contributed by atoms with E-state index in [1.165, 1.54) is 0 Å². The fourth-order valence-electron chi connectivity index (χ4n) is 1.64. The van der Waals surface area contributed by atoms with Crippen molar-refractivity contribution in [3.63, 3.8) is 0 Å². The van der Waals surface area contributed by atoms with Gasteiger partial charge < -0.3 is 11.1 Å². The van der Waals surface area contributed by atoms with Gasteiger partial charge in [0.15, 0.2) is 0 Å². The highest BCUT2D eigenvalue weighted by atomic mass is 16.1. The van der Waals surface area contributed by atoms with E-state index in [0.29, 0.717) is 6.42 Å². The van der Waals surface area contributed by atoms with E-state index in [-0.39, 0.29) is 18.0 Å². The molecule has 1 aromatic rings. The Balaban J connectivity index is 2.46. The van der Waals surface area contributed by atoms with E-state index in [0.717, 1.165) is 12.1 Å². The molecule has 0 aromatic carbocycles. The van der Waals surface area contributed by atoms with Gasteiger partial charge in [-0.05, 0) is 25.8 Å². The molecule has 0 saturated heterocycles. The van der Waals surface area contributed by atoms with Gasteiger partial charge in [-0.15, -0.1) is 0 Å². The van der Waals surface area contributed by atoms with Crippen LogP contribution in [0.4, 0.5) is 0 Å². The quantitative estimate of drug-likeness (QED) is 0.736. The highest BCUT2D eigenvalue weighted by Crippen LogP contribution is 1.98. The Morgan fingerprint density at radius 2 is 2.38 bits per heavy atom. The van der Waals surface area contributed by atoms with Crippen LogP contribution in [0.1, 0.15) is 25.8 Å². The lowest BCUT2D eigenvalue weighted by atomic mass is 10.2. The number of hydrogen-bond donors (Lipinski definition) is 2. The van der Waals surface area contributed by atoms with Crippen molar-refractivity contribution in [1.29, 1.82) is 0 Å². The lowest BCUT2D eigenvalue weighted by molar-refractivity contribution is -0.120. The number of nitrogens with one attached hydrogen (secondary N) is 1. The summed E-state index contributed by atoms with van der Waals surface area (Å²) in [5.74, 6) is -0.300. The number of rotatable bonds is 6. The van der Waals surface area contributed by atoms with Crippen LogP contribution in [0, 0.1) is 6.92 Å². The molecule has 0 fully saturated rings. The Morgan fingerprint density at radius 1 is 1.69 bits per heavy atom. The molecule has 16 heavy (non-hydrogen) atoms. The molecule has 0 radical (unpaired) electrons. The van der Waals surface area contributed by atoms with Crippen molar-refractivity contribution in [2.75, 3.05) is 0 Å². The number of primary amides is 1. The molecule has 5 nitrogen and oxygen atoms in total. The van der Waals surface area contributed by atoms with Crippen molar-refractivity contribution in [2.45, 2.75) is 45.8 Å². The molecule has 3 N–H and O–H groups in total. The lowest BCUT2D eigenvalue weighted by Crippen LogP contribution is -2.46. The molecule has 0 unspecified atom stereocenters. The molecule has 0 aliphatic rings. The average Bonchev–Trinajstić information content (AvgIpc) is 2.60. The normalized spacial score (nSPS) is 14.7. The first kappa shape index (κ1) is 12.7. The van der Waals surface area contributed by atoms with E-state index in [9.17, 15) is 4.79 Å². The van der Waals surface area contributed by atoms with E-state index in [2.05, 4.69) is 10.4 Å². The SMILES string of the molecule is CC[C@@H](N[C@@H](C)Cn1cc(C)cn1)C(N)=O. The summed E-state index contributed by atoms with van der Waals surface area (Å²) in [6.45, 7) is 6.69. The maximum atomic E-state index is 11.1. The minimum Gasteiger partial charge on any atom is -0.368 e. The number of aryl methyl sites for hydroxylation is 1. The number of aromatic nitrogens is 2. The smallest absolute Gasteiger partial charge is 0.234 e. The second-order valence-corrected chi connectivity index (χ2v) is 4.17. The van der Waals surface area contributed by atoms with Crippen molar-refractivity contribution < 1.29 is 4.79 Å². The van der Waals surface area contributed by atoms with Crippen molar-refractivity contribution in [3.05, 3.63) is 18.0 Å². The molecule has 0 spiro atoms. The molecule has 5 heteroatoms. The number of carbonyl (C=O) groups is 1. The minimum atomic E-state index is -0.300. The van der Waals surface area contributed by atoms with Crippen LogP contribution in [0.3, 0.4) is 0 Å². The van der Waals surface area contributed by atoms with Gasteiger partial charge in [0.2, 0.25) is 5.91 Å². The summed E-state index contributed by atoms with van der Waals surface area (Å²) in [7, 11) is 0. The van der Waals surface area contributed by atoms with Gasteiger partial charge in [0.25, 0.3) is 0 Å². The summed E-state index contributed by atoms with van der Waals surface area (Å²) in [6, 6.07) is -0.0941. The van der Waals surface area contributed by atoms with Crippen LogP contribution in [0.2, 0.25) is 0 Å². The monoisotopic (exact) mass is 224 g/mol. The van der Waals surface area contributed by atoms with Crippen LogP contribution in [0.5, 0.6) is 0 Å². The first-order valence-corrected chi connectivity index (χ1v) is 5.57. The van der Waals surface area contributed by atoms with Crippen molar-refractivity contribution in [3.8, 4) is 0 Å². The Labute approximate surface area is 96.0 Å². The van der Waals surface area contributed by atoms with Crippen molar-refractivity contribution >= 4 is 5.91 Å². The second-order valence-electron chi connectivity index (χ2n) is 4.17. The third-order valence-corrected chi connectivity index (χ3v) is 2.46. The standard InChI is InChI=1S/C11H20N4O/c1-4-10(11(12)16)14-9(3)7-15-6-8(2)5-13-15/h5-6,9-10,14H,4,7H2,1-3H3,(H2,12,16)/t9-,10+/m0/s1. The number of nitrogens with zero attached hydrogens (tertiary/aromatic N) is 2. The highest BCUT2D eigenvalue weighted by molar-refractivity contribution is 5.79. The van der Waals surface area contributed by atoms with Crippen molar-refractivity contribution in [2.24, 2.45) is 5.73 Å². The Morgan fingerprint density at radius 3 is 2.81 bits per heavy atom. The van der Waals surface area contributed by atoms with Gasteiger partial charge >= 0.3 is 0 Å². The molecule has 1 amide bonds. The summed E-state index contributed by atoms with van der Waals surface area (Å²) in [4.78, 5) is 11.1. The third kappa shape index (κ3) is 3.66. The predicted octanol–water partition coefficient (Wildman–Crippen LogP) is 0.434. The first-order chi connectivity index (χ1) is 7.52. The fourth-order valence-corrected chi connectivity index (χ4v) is 1.64.